The molecular weight excluding hydrogens is 147 g/mol. The van der Waals surface area contributed by atoms with Crippen molar-refractivity contribution in [3.63, 3.8) is 0 Å². The molecule has 0 aliphatic rings. The van der Waals surface area contributed by atoms with Gasteiger partial charge in [0.25, 0.3) is 0 Å². The molecule has 0 radical (unpaired) electrons. The van der Waals surface area contributed by atoms with Crippen molar-refractivity contribution in [2.45, 2.75) is 45.9 Å². The van der Waals surface area contributed by atoms with Crippen LogP contribution in [-0.2, 0) is 9.09 Å². The molecule has 0 aliphatic heterocycles. The summed E-state index contributed by atoms with van der Waals surface area (Å²) in [6.07, 6.45) is 0.0582. The maximum absolute atomic E-state index is 11.2. The SMILES string of the molecule is CC(C)O[P+](=O)C(C)(C)C. The van der Waals surface area contributed by atoms with Crippen molar-refractivity contribution in [2.24, 2.45) is 0 Å². The average Bonchev–Trinajstić information content (AvgIpc) is 1.60. The van der Waals surface area contributed by atoms with Gasteiger partial charge in [-0.3, -0.25) is 0 Å². The number of hydrogen-bond acceptors (Lipinski definition) is 2. The fraction of sp³-hybridized carbons (Fsp3) is 1.00. The Morgan fingerprint density at radius 2 is 1.70 bits per heavy atom. The smallest absolute Gasteiger partial charge is 0.143 e. The molecule has 0 aromatic rings. The first-order chi connectivity index (χ1) is 4.34. The molecule has 0 heterocycles. The van der Waals surface area contributed by atoms with Gasteiger partial charge in [0.15, 0.2) is 5.16 Å². The van der Waals surface area contributed by atoms with E-state index in [4.69, 9.17) is 4.52 Å². The summed E-state index contributed by atoms with van der Waals surface area (Å²) in [6, 6.07) is 0. The van der Waals surface area contributed by atoms with E-state index in [9.17, 15) is 4.57 Å². The Morgan fingerprint density at radius 1 is 1.30 bits per heavy atom. The predicted molar refractivity (Wildman–Crippen MR) is 43.6 cm³/mol. The normalized spacial score (nSPS) is 14.0. The zero-order chi connectivity index (χ0) is 8.36. The van der Waals surface area contributed by atoms with Crippen LogP contribution in [0.25, 0.3) is 0 Å². The predicted octanol–water partition coefficient (Wildman–Crippen LogP) is 2.95. The molecule has 0 spiro atoms. The van der Waals surface area contributed by atoms with Gasteiger partial charge in [-0.1, -0.05) is 0 Å². The largest absolute Gasteiger partial charge is 0.513 e. The lowest BCUT2D eigenvalue weighted by atomic mass is 10.3. The first-order valence-corrected chi connectivity index (χ1v) is 4.66. The highest BCUT2D eigenvalue weighted by atomic mass is 31.1. The van der Waals surface area contributed by atoms with Crippen LogP contribution < -0.4 is 0 Å². The van der Waals surface area contributed by atoms with Crippen LogP contribution in [-0.4, -0.2) is 11.3 Å². The van der Waals surface area contributed by atoms with E-state index in [1.54, 1.807) is 0 Å². The summed E-state index contributed by atoms with van der Waals surface area (Å²) < 4.78 is 16.3. The standard InChI is InChI=1S/C7H16O2P/c1-6(2)9-10(8)7(3,4)5/h6H,1-5H3/q+1. The maximum Gasteiger partial charge on any atom is 0.513 e. The highest BCUT2D eigenvalue weighted by molar-refractivity contribution is 7.41. The zero-order valence-electron chi connectivity index (χ0n) is 7.34. The third-order valence-electron chi connectivity index (χ3n) is 0.854. The minimum Gasteiger partial charge on any atom is -0.143 e. The van der Waals surface area contributed by atoms with Crippen molar-refractivity contribution in [2.75, 3.05) is 0 Å². The molecule has 0 amide bonds. The Morgan fingerprint density at radius 3 is 1.80 bits per heavy atom. The third-order valence-corrected chi connectivity index (χ3v) is 2.56. The lowest BCUT2D eigenvalue weighted by Crippen LogP contribution is -2.10. The summed E-state index contributed by atoms with van der Waals surface area (Å²) in [6.45, 7) is 9.51. The van der Waals surface area contributed by atoms with Crippen LogP contribution in [0.4, 0.5) is 0 Å². The van der Waals surface area contributed by atoms with Gasteiger partial charge in [0.1, 0.15) is 6.10 Å². The van der Waals surface area contributed by atoms with Gasteiger partial charge in [-0.15, -0.1) is 4.52 Å². The molecule has 0 rings (SSSR count). The monoisotopic (exact) mass is 163 g/mol. The summed E-state index contributed by atoms with van der Waals surface area (Å²) in [5.41, 5.74) is 0. The van der Waals surface area contributed by atoms with Crippen LogP contribution in [0, 0.1) is 0 Å². The van der Waals surface area contributed by atoms with Crippen LogP contribution in [0.5, 0.6) is 0 Å². The number of hydrogen-bond donors (Lipinski definition) is 0. The molecule has 0 N–H and O–H groups in total. The molecule has 0 aliphatic carbocycles. The second-order valence-corrected chi connectivity index (χ2v) is 5.65. The van der Waals surface area contributed by atoms with Crippen LogP contribution in [0.15, 0.2) is 0 Å². The van der Waals surface area contributed by atoms with Gasteiger partial charge in [0.2, 0.25) is 0 Å². The van der Waals surface area contributed by atoms with Crippen molar-refractivity contribution in [1.82, 2.24) is 0 Å². The molecule has 0 bridgehead atoms. The molecule has 2 nitrogen and oxygen atoms in total. The van der Waals surface area contributed by atoms with Crippen molar-refractivity contribution in [3.05, 3.63) is 0 Å². The average molecular weight is 163 g/mol. The van der Waals surface area contributed by atoms with Gasteiger partial charge in [-0.25, -0.2) is 0 Å². The zero-order valence-corrected chi connectivity index (χ0v) is 8.24. The quantitative estimate of drug-likeness (QED) is 0.585. The Labute approximate surface area is 63.8 Å². The molecule has 60 valence electrons. The van der Waals surface area contributed by atoms with Crippen molar-refractivity contribution >= 4 is 8.03 Å². The van der Waals surface area contributed by atoms with Crippen LogP contribution in [0.1, 0.15) is 34.6 Å². The Hall–Kier alpha value is 0.0600. The first-order valence-electron chi connectivity index (χ1n) is 3.48. The second-order valence-electron chi connectivity index (χ2n) is 3.58. The van der Waals surface area contributed by atoms with Gasteiger partial charge in [0.05, 0.1) is 0 Å². The van der Waals surface area contributed by atoms with Crippen LogP contribution in [0.2, 0.25) is 0 Å². The summed E-state index contributed by atoms with van der Waals surface area (Å²) in [5, 5.41) is -0.223. The third kappa shape index (κ3) is 3.97. The van der Waals surface area contributed by atoms with Gasteiger partial charge >= 0.3 is 8.03 Å². The molecule has 0 saturated carbocycles. The minimum atomic E-state index is -1.51. The van der Waals surface area contributed by atoms with Gasteiger partial charge < -0.3 is 0 Å². The van der Waals surface area contributed by atoms with Crippen molar-refractivity contribution in [3.8, 4) is 0 Å². The van der Waals surface area contributed by atoms with E-state index >= 15 is 0 Å². The lowest BCUT2D eigenvalue weighted by molar-refractivity contribution is 0.247. The second kappa shape index (κ2) is 3.45. The Bertz CT molecular complexity index is 124. The first kappa shape index (κ1) is 10.1. The summed E-state index contributed by atoms with van der Waals surface area (Å²) in [7, 11) is -1.51. The molecule has 0 aromatic carbocycles. The Kier molecular flexibility index (Phi) is 3.47. The Balaban J connectivity index is 3.87. The van der Waals surface area contributed by atoms with Crippen molar-refractivity contribution in [1.29, 1.82) is 0 Å². The summed E-state index contributed by atoms with van der Waals surface area (Å²) in [5.74, 6) is 0. The molecule has 1 unspecified atom stereocenters. The summed E-state index contributed by atoms with van der Waals surface area (Å²) >= 11 is 0. The van der Waals surface area contributed by atoms with Gasteiger partial charge in [0, 0.05) is 0 Å². The van der Waals surface area contributed by atoms with Crippen LogP contribution in [0.3, 0.4) is 0 Å². The molecule has 10 heavy (non-hydrogen) atoms. The van der Waals surface area contributed by atoms with Crippen molar-refractivity contribution < 1.29 is 9.09 Å². The number of rotatable bonds is 2. The van der Waals surface area contributed by atoms with E-state index in [0.717, 1.165) is 0 Å². The minimum absolute atomic E-state index is 0.0582. The van der Waals surface area contributed by atoms with E-state index < -0.39 is 8.03 Å². The fourth-order valence-electron chi connectivity index (χ4n) is 0.350. The molecule has 0 aromatic heterocycles. The lowest BCUT2D eigenvalue weighted by Gasteiger charge is -2.04. The molecule has 0 saturated heterocycles. The van der Waals surface area contributed by atoms with Gasteiger partial charge in [-0.05, 0) is 39.2 Å². The molecule has 3 heteroatoms. The molecule has 1 atom stereocenters. The van der Waals surface area contributed by atoms with E-state index in [1.165, 1.54) is 0 Å². The molecule has 0 fully saturated rings. The highest BCUT2D eigenvalue weighted by Crippen LogP contribution is 2.39. The van der Waals surface area contributed by atoms with E-state index in [2.05, 4.69) is 0 Å². The fourth-order valence-corrected chi connectivity index (χ4v) is 1.05. The maximum atomic E-state index is 11.2. The van der Waals surface area contributed by atoms with Gasteiger partial charge in [-0.2, -0.15) is 0 Å². The molecular formula is C7H16O2P+. The van der Waals surface area contributed by atoms with E-state index in [0.29, 0.717) is 0 Å². The van der Waals surface area contributed by atoms with Crippen LogP contribution >= 0.6 is 8.03 Å². The van der Waals surface area contributed by atoms with E-state index in [-0.39, 0.29) is 11.3 Å². The topological polar surface area (TPSA) is 26.3 Å². The van der Waals surface area contributed by atoms with E-state index in [1.807, 2.05) is 34.6 Å². The summed E-state index contributed by atoms with van der Waals surface area (Å²) in [4.78, 5) is 0. The highest BCUT2D eigenvalue weighted by Gasteiger charge is 2.37.